The Kier molecular flexibility index (Phi) is 7.07. The van der Waals surface area contributed by atoms with Crippen molar-refractivity contribution >= 4 is 34.9 Å². The van der Waals surface area contributed by atoms with Crippen LogP contribution in [0.5, 0.6) is 0 Å². The van der Waals surface area contributed by atoms with Crippen molar-refractivity contribution in [2.45, 2.75) is 44.0 Å². The van der Waals surface area contributed by atoms with Crippen LogP contribution in [0.25, 0.3) is 0 Å². The van der Waals surface area contributed by atoms with Crippen molar-refractivity contribution in [3.05, 3.63) is 94.5 Å². The lowest BCUT2D eigenvalue weighted by Crippen LogP contribution is -2.30. The van der Waals surface area contributed by atoms with E-state index in [1.807, 2.05) is 12.1 Å². The molecule has 0 aliphatic carbocycles. The standard InChI is InChI=1S/C26H28N6O2S/c1-18(33)27-21-11-13-22(14-12-21)28-23-24(34)32(31-15-5-6-16-31)25(30-29-23)35-17-19-7-9-20(10-8-19)26(2,3)4/h5-16H,17H2,1-4H3,(H,27,33)(H,28,29). The highest BCUT2D eigenvalue weighted by Crippen LogP contribution is 2.25. The second-order valence-corrected chi connectivity index (χ2v) is 10.1. The maximum atomic E-state index is 13.4. The molecule has 0 atom stereocenters. The zero-order valence-corrected chi connectivity index (χ0v) is 21.0. The van der Waals surface area contributed by atoms with E-state index in [9.17, 15) is 9.59 Å². The molecule has 0 saturated heterocycles. The lowest BCUT2D eigenvalue weighted by atomic mass is 9.87. The molecule has 2 aromatic heterocycles. The molecule has 35 heavy (non-hydrogen) atoms. The van der Waals surface area contributed by atoms with Crippen molar-refractivity contribution in [3.63, 3.8) is 0 Å². The summed E-state index contributed by atoms with van der Waals surface area (Å²) in [5, 5.41) is 14.8. The van der Waals surface area contributed by atoms with Crippen LogP contribution in [0.2, 0.25) is 0 Å². The van der Waals surface area contributed by atoms with Crippen molar-refractivity contribution in [2.24, 2.45) is 0 Å². The second-order valence-electron chi connectivity index (χ2n) is 9.13. The number of thioether (sulfide) groups is 1. The molecule has 0 aliphatic heterocycles. The highest BCUT2D eigenvalue weighted by molar-refractivity contribution is 7.98. The van der Waals surface area contributed by atoms with E-state index in [2.05, 4.69) is 65.9 Å². The lowest BCUT2D eigenvalue weighted by Gasteiger charge is -2.19. The summed E-state index contributed by atoms with van der Waals surface area (Å²) < 4.78 is 3.18. The highest BCUT2D eigenvalue weighted by Gasteiger charge is 2.16. The van der Waals surface area contributed by atoms with Crippen molar-refractivity contribution in [1.82, 2.24) is 19.5 Å². The van der Waals surface area contributed by atoms with Crippen LogP contribution in [-0.2, 0) is 16.0 Å². The number of carbonyl (C=O) groups excluding carboxylic acids is 1. The van der Waals surface area contributed by atoms with Crippen LogP contribution in [0.1, 0.15) is 38.8 Å². The molecule has 2 aromatic carbocycles. The van der Waals surface area contributed by atoms with E-state index in [1.54, 1.807) is 41.3 Å². The van der Waals surface area contributed by atoms with E-state index in [-0.39, 0.29) is 22.7 Å². The number of nitrogens with zero attached hydrogens (tertiary/aromatic N) is 4. The lowest BCUT2D eigenvalue weighted by molar-refractivity contribution is -0.114. The van der Waals surface area contributed by atoms with Gasteiger partial charge in [0.15, 0.2) is 0 Å². The third kappa shape index (κ3) is 5.99. The smallest absolute Gasteiger partial charge is 0.316 e. The molecule has 4 rings (SSSR count). The van der Waals surface area contributed by atoms with Crippen molar-refractivity contribution < 1.29 is 4.79 Å². The van der Waals surface area contributed by atoms with Gasteiger partial charge in [-0.1, -0.05) is 56.8 Å². The Morgan fingerprint density at radius 3 is 2.17 bits per heavy atom. The monoisotopic (exact) mass is 488 g/mol. The molecular weight excluding hydrogens is 460 g/mol. The third-order valence-electron chi connectivity index (χ3n) is 5.29. The number of nitrogens with one attached hydrogen (secondary N) is 2. The normalized spacial score (nSPS) is 11.3. The summed E-state index contributed by atoms with van der Waals surface area (Å²) in [7, 11) is 0. The summed E-state index contributed by atoms with van der Waals surface area (Å²) >= 11 is 1.45. The van der Waals surface area contributed by atoms with E-state index in [1.165, 1.54) is 28.9 Å². The number of aromatic nitrogens is 4. The molecule has 180 valence electrons. The fraction of sp³-hybridized carbons (Fsp3) is 0.231. The second kappa shape index (κ2) is 10.2. The van der Waals surface area contributed by atoms with Gasteiger partial charge in [-0.15, -0.1) is 10.2 Å². The molecule has 4 aromatic rings. The predicted octanol–water partition coefficient (Wildman–Crippen LogP) is 5.04. The summed E-state index contributed by atoms with van der Waals surface area (Å²) in [4.78, 5) is 24.6. The molecule has 9 heteroatoms. The summed E-state index contributed by atoms with van der Waals surface area (Å²) in [6.07, 6.45) is 3.58. The Morgan fingerprint density at radius 1 is 0.943 bits per heavy atom. The number of carbonyl (C=O) groups is 1. The quantitative estimate of drug-likeness (QED) is 0.354. The van der Waals surface area contributed by atoms with Crippen molar-refractivity contribution in [1.29, 1.82) is 0 Å². The Labute approximate surface area is 208 Å². The summed E-state index contributed by atoms with van der Waals surface area (Å²) in [6, 6.07) is 19.2. The Balaban J connectivity index is 1.57. The minimum absolute atomic E-state index is 0.0964. The molecule has 2 N–H and O–H groups in total. The van der Waals surface area contributed by atoms with Crippen LogP contribution in [0.15, 0.2) is 83.0 Å². The first-order chi connectivity index (χ1) is 16.7. The van der Waals surface area contributed by atoms with Gasteiger partial charge in [-0.05, 0) is 52.9 Å². The molecular formula is C26H28N6O2S. The van der Waals surface area contributed by atoms with Gasteiger partial charge in [0.2, 0.25) is 16.9 Å². The van der Waals surface area contributed by atoms with Crippen LogP contribution in [0.4, 0.5) is 17.2 Å². The van der Waals surface area contributed by atoms with E-state index in [4.69, 9.17) is 0 Å². The van der Waals surface area contributed by atoms with Crippen molar-refractivity contribution in [2.75, 3.05) is 10.6 Å². The first-order valence-electron chi connectivity index (χ1n) is 11.2. The maximum absolute atomic E-state index is 13.4. The summed E-state index contributed by atoms with van der Waals surface area (Å²) in [6.45, 7) is 8.02. The minimum atomic E-state index is -0.326. The van der Waals surface area contributed by atoms with Gasteiger partial charge in [-0.2, -0.15) is 4.68 Å². The molecule has 0 unspecified atom stereocenters. The van der Waals surface area contributed by atoms with E-state index in [0.29, 0.717) is 22.3 Å². The van der Waals surface area contributed by atoms with Gasteiger partial charge in [0, 0.05) is 36.4 Å². The molecule has 0 saturated carbocycles. The fourth-order valence-electron chi connectivity index (χ4n) is 3.42. The number of hydrogen-bond donors (Lipinski definition) is 2. The molecule has 0 aliphatic rings. The van der Waals surface area contributed by atoms with E-state index < -0.39 is 0 Å². The highest BCUT2D eigenvalue weighted by atomic mass is 32.2. The molecule has 0 bridgehead atoms. The van der Waals surface area contributed by atoms with Gasteiger partial charge < -0.3 is 10.6 Å². The van der Waals surface area contributed by atoms with Crippen molar-refractivity contribution in [3.8, 4) is 0 Å². The van der Waals surface area contributed by atoms with Gasteiger partial charge in [-0.25, -0.2) is 0 Å². The summed E-state index contributed by atoms with van der Waals surface area (Å²) in [5.41, 5.74) is 3.51. The van der Waals surface area contributed by atoms with Crippen LogP contribution in [0.3, 0.4) is 0 Å². The maximum Gasteiger partial charge on any atom is 0.316 e. The first kappa shape index (κ1) is 24.3. The Morgan fingerprint density at radius 2 is 1.57 bits per heavy atom. The number of amides is 1. The number of rotatable bonds is 7. The van der Waals surface area contributed by atoms with Gasteiger partial charge >= 0.3 is 5.56 Å². The molecule has 2 heterocycles. The van der Waals surface area contributed by atoms with Gasteiger partial charge in [0.1, 0.15) is 0 Å². The number of anilines is 3. The van der Waals surface area contributed by atoms with Gasteiger partial charge in [0.05, 0.1) is 0 Å². The average molecular weight is 489 g/mol. The van der Waals surface area contributed by atoms with Crippen LogP contribution in [0, 0.1) is 0 Å². The molecule has 0 fully saturated rings. The Hall–Kier alpha value is -3.85. The molecule has 0 spiro atoms. The molecule has 1 amide bonds. The molecule has 8 nitrogen and oxygen atoms in total. The fourth-order valence-corrected chi connectivity index (χ4v) is 4.31. The molecule has 0 radical (unpaired) electrons. The largest absolute Gasteiger partial charge is 0.334 e. The van der Waals surface area contributed by atoms with E-state index >= 15 is 0 Å². The first-order valence-corrected chi connectivity index (χ1v) is 12.2. The zero-order chi connectivity index (χ0) is 25.0. The topological polar surface area (TPSA) is 93.8 Å². The zero-order valence-electron chi connectivity index (χ0n) is 20.1. The van der Waals surface area contributed by atoms with Crippen LogP contribution < -0.4 is 16.2 Å². The van der Waals surface area contributed by atoms with Gasteiger partial charge in [0.25, 0.3) is 0 Å². The minimum Gasteiger partial charge on any atom is -0.334 e. The summed E-state index contributed by atoms with van der Waals surface area (Å²) in [5.74, 6) is 0.603. The van der Waals surface area contributed by atoms with Crippen LogP contribution in [-0.4, -0.2) is 25.5 Å². The Bertz CT molecular complexity index is 1360. The predicted molar refractivity (Wildman–Crippen MR) is 140 cm³/mol. The third-order valence-corrected chi connectivity index (χ3v) is 6.28. The van der Waals surface area contributed by atoms with Gasteiger partial charge in [-0.3, -0.25) is 14.3 Å². The average Bonchev–Trinajstić information content (AvgIpc) is 3.34. The van der Waals surface area contributed by atoms with Crippen LogP contribution >= 0.6 is 11.8 Å². The van der Waals surface area contributed by atoms with E-state index in [0.717, 1.165) is 5.56 Å². The number of hydrogen-bond acceptors (Lipinski definition) is 6. The SMILES string of the molecule is CC(=O)Nc1ccc(Nc2nnc(SCc3ccc(C(C)(C)C)cc3)n(-n3cccc3)c2=O)cc1. The number of benzene rings is 2.